The van der Waals surface area contributed by atoms with Crippen molar-refractivity contribution in [2.24, 2.45) is 5.92 Å². The van der Waals surface area contributed by atoms with Crippen molar-refractivity contribution in [1.29, 1.82) is 0 Å². The molecular weight excluding hydrogens is 312 g/mol. The minimum absolute atomic E-state index is 0.635. The number of rotatable bonds is 9. The van der Waals surface area contributed by atoms with Crippen molar-refractivity contribution in [2.75, 3.05) is 31.9 Å². The standard InChI is InChI=1S/C16H24N4O2S/c1-12(2)8-9-22-10-11-23-16-19-18-15(20(16)17)13-4-6-14(21-3)7-5-13/h4-7,12H,8-11,17H2,1-3H3. The molecule has 6 nitrogen and oxygen atoms in total. The van der Waals surface area contributed by atoms with E-state index in [0.717, 1.165) is 30.1 Å². The van der Waals surface area contributed by atoms with Gasteiger partial charge in [0.25, 0.3) is 0 Å². The first-order valence-corrected chi connectivity index (χ1v) is 8.66. The topological polar surface area (TPSA) is 75.2 Å². The van der Waals surface area contributed by atoms with Crippen LogP contribution >= 0.6 is 11.8 Å². The van der Waals surface area contributed by atoms with Gasteiger partial charge in [0.05, 0.1) is 13.7 Å². The summed E-state index contributed by atoms with van der Waals surface area (Å²) >= 11 is 1.54. The second kappa shape index (κ2) is 8.79. The molecule has 0 amide bonds. The molecule has 2 rings (SSSR count). The third-order valence-corrected chi connectivity index (χ3v) is 4.22. The fraction of sp³-hybridized carbons (Fsp3) is 0.500. The van der Waals surface area contributed by atoms with E-state index in [0.29, 0.717) is 23.5 Å². The van der Waals surface area contributed by atoms with Crippen molar-refractivity contribution < 1.29 is 9.47 Å². The molecule has 2 aromatic rings. The molecule has 0 radical (unpaired) electrons. The van der Waals surface area contributed by atoms with Crippen LogP contribution in [-0.2, 0) is 4.74 Å². The molecule has 0 bridgehead atoms. The summed E-state index contributed by atoms with van der Waals surface area (Å²) in [4.78, 5) is 0. The van der Waals surface area contributed by atoms with Crippen LogP contribution in [0, 0.1) is 5.92 Å². The zero-order valence-corrected chi connectivity index (χ0v) is 14.7. The molecule has 1 aromatic carbocycles. The van der Waals surface area contributed by atoms with Crippen molar-refractivity contribution >= 4 is 11.8 Å². The van der Waals surface area contributed by atoms with E-state index in [1.54, 1.807) is 18.9 Å². The fourth-order valence-electron chi connectivity index (χ4n) is 1.93. The van der Waals surface area contributed by atoms with E-state index in [1.165, 1.54) is 4.68 Å². The average Bonchev–Trinajstić information content (AvgIpc) is 2.91. The van der Waals surface area contributed by atoms with Crippen LogP contribution in [0.15, 0.2) is 29.4 Å². The van der Waals surface area contributed by atoms with Gasteiger partial charge in [-0.3, -0.25) is 0 Å². The summed E-state index contributed by atoms with van der Waals surface area (Å²) < 4.78 is 12.3. The molecule has 0 aliphatic rings. The minimum atomic E-state index is 0.635. The molecule has 0 saturated carbocycles. The summed E-state index contributed by atoms with van der Waals surface area (Å²) in [7, 11) is 1.64. The lowest BCUT2D eigenvalue weighted by Gasteiger charge is -2.06. The Morgan fingerprint density at radius 3 is 2.57 bits per heavy atom. The Morgan fingerprint density at radius 1 is 1.17 bits per heavy atom. The Balaban J connectivity index is 1.86. The molecule has 0 atom stereocenters. The van der Waals surface area contributed by atoms with E-state index >= 15 is 0 Å². The summed E-state index contributed by atoms with van der Waals surface area (Å²) in [5.41, 5.74) is 0.904. The average molecular weight is 336 g/mol. The monoisotopic (exact) mass is 336 g/mol. The predicted octanol–water partition coefficient (Wildman–Crippen LogP) is 2.82. The minimum Gasteiger partial charge on any atom is -0.497 e. The lowest BCUT2D eigenvalue weighted by Crippen LogP contribution is -2.12. The highest BCUT2D eigenvalue weighted by molar-refractivity contribution is 7.99. The van der Waals surface area contributed by atoms with E-state index in [1.807, 2.05) is 24.3 Å². The molecule has 0 unspecified atom stereocenters. The number of nitrogen functional groups attached to an aromatic ring is 1. The van der Waals surface area contributed by atoms with Crippen LogP contribution in [0.5, 0.6) is 5.75 Å². The van der Waals surface area contributed by atoms with Crippen molar-refractivity contribution in [3.63, 3.8) is 0 Å². The highest BCUT2D eigenvalue weighted by Crippen LogP contribution is 2.23. The lowest BCUT2D eigenvalue weighted by molar-refractivity contribution is 0.138. The summed E-state index contributed by atoms with van der Waals surface area (Å²) in [6.45, 7) is 5.86. The van der Waals surface area contributed by atoms with E-state index in [2.05, 4.69) is 24.0 Å². The van der Waals surface area contributed by atoms with Crippen molar-refractivity contribution in [1.82, 2.24) is 14.9 Å². The molecule has 0 fully saturated rings. The quantitative estimate of drug-likeness (QED) is 0.431. The third kappa shape index (κ3) is 5.14. The van der Waals surface area contributed by atoms with Gasteiger partial charge in [-0.1, -0.05) is 25.6 Å². The van der Waals surface area contributed by atoms with Gasteiger partial charge in [-0.05, 0) is 36.6 Å². The first-order chi connectivity index (χ1) is 11.1. The molecule has 23 heavy (non-hydrogen) atoms. The maximum atomic E-state index is 6.09. The maximum absolute atomic E-state index is 6.09. The highest BCUT2D eigenvalue weighted by atomic mass is 32.2. The molecule has 2 N–H and O–H groups in total. The van der Waals surface area contributed by atoms with Crippen LogP contribution in [0.1, 0.15) is 20.3 Å². The van der Waals surface area contributed by atoms with E-state index < -0.39 is 0 Å². The van der Waals surface area contributed by atoms with E-state index in [4.69, 9.17) is 15.3 Å². The van der Waals surface area contributed by atoms with Crippen molar-refractivity contribution in [2.45, 2.75) is 25.4 Å². The number of ether oxygens (including phenoxy) is 2. The van der Waals surface area contributed by atoms with Crippen LogP contribution in [0.25, 0.3) is 11.4 Å². The molecule has 0 aliphatic heterocycles. The maximum Gasteiger partial charge on any atom is 0.210 e. The Kier molecular flexibility index (Phi) is 6.73. The van der Waals surface area contributed by atoms with Crippen LogP contribution in [0.3, 0.4) is 0 Å². The van der Waals surface area contributed by atoms with Crippen LogP contribution in [0.2, 0.25) is 0 Å². The Bertz CT molecular complexity index is 599. The van der Waals surface area contributed by atoms with Crippen LogP contribution in [-0.4, -0.2) is 40.9 Å². The van der Waals surface area contributed by atoms with Gasteiger partial charge >= 0.3 is 0 Å². The molecule has 7 heteroatoms. The zero-order valence-electron chi connectivity index (χ0n) is 13.9. The van der Waals surface area contributed by atoms with Gasteiger partial charge in [-0.2, -0.15) is 0 Å². The molecular formula is C16H24N4O2S. The second-order valence-electron chi connectivity index (χ2n) is 5.55. The summed E-state index contributed by atoms with van der Waals surface area (Å²) in [6, 6.07) is 7.57. The van der Waals surface area contributed by atoms with Gasteiger partial charge in [0.2, 0.25) is 5.16 Å². The molecule has 0 spiro atoms. The van der Waals surface area contributed by atoms with E-state index in [9.17, 15) is 0 Å². The lowest BCUT2D eigenvalue weighted by atomic mass is 10.1. The van der Waals surface area contributed by atoms with Gasteiger partial charge in [0.15, 0.2) is 5.82 Å². The number of thioether (sulfide) groups is 1. The SMILES string of the molecule is COc1ccc(-c2nnc(SCCOCCC(C)C)n2N)cc1. The first-order valence-electron chi connectivity index (χ1n) is 7.67. The Morgan fingerprint density at radius 2 is 1.91 bits per heavy atom. The fourth-order valence-corrected chi connectivity index (χ4v) is 2.63. The predicted molar refractivity (Wildman–Crippen MR) is 93.2 cm³/mol. The van der Waals surface area contributed by atoms with Gasteiger partial charge in [0.1, 0.15) is 5.75 Å². The number of nitrogens with zero attached hydrogens (tertiary/aromatic N) is 3. The smallest absolute Gasteiger partial charge is 0.210 e. The summed E-state index contributed by atoms with van der Waals surface area (Å²) in [6.07, 6.45) is 1.08. The van der Waals surface area contributed by atoms with Crippen LogP contribution < -0.4 is 10.6 Å². The summed E-state index contributed by atoms with van der Waals surface area (Å²) in [5, 5.41) is 8.99. The number of hydrogen-bond donors (Lipinski definition) is 1. The number of hydrogen-bond acceptors (Lipinski definition) is 6. The molecule has 1 heterocycles. The molecule has 1 aromatic heterocycles. The largest absolute Gasteiger partial charge is 0.497 e. The third-order valence-electron chi connectivity index (χ3n) is 3.31. The first kappa shape index (κ1) is 17.6. The van der Waals surface area contributed by atoms with Gasteiger partial charge in [-0.15, -0.1) is 10.2 Å². The van der Waals surface area contributed by atoms with Gasteiger partial charge < -0.3 is 15.3 Å². The second-order valence-corrected chi connectivity index (χ2v) is 6.61. The highest BCUT2D eigenvalue weighted by Gasteiger charge is 2.12. The molecule has 0 saturated heterocycles. The van der Waals surface area contributed by atoms with Crippen molar-refractivity contribution in [3.8, 4) is 17.1 Å². The number of benzene rings is 1. The number of nitrogens with two attached hydrogens (primary N) is 1. The van der Waals surface area contributed by atoms with Crippen molar-refractivity contribution in [3.05, 3.63) is 24.3 Å². The van der Waals surface area contributed by atoms with Gasteiger partial charge in [-0.25, -0.2) is 4.68 Å². The molecule has 126 valence electrons. The van der Waals surface area contributed by atoms with Gasteiger partial charge in [0, 0.05) is 17.9 Å². The Hall–Kier alpha value is -1.73. The van der Waals surface area contributed by atoms with Crippen LogP contribution in [0.4, 0.5) is 0 Å². The van der Waals surface area contributed by atoms with E-state index in [-0.39, 0.29) is 0 Å². The number of methoxy groups -OCH3 is 1. The number of aromatic nitrogens is 3. The summed E-state index contributed by atoms with van der Waals surface area (Å²) in [5.74, 6) is 8.99. The molecule has 0 aliphatic carbocycles. The zero-order chi connectivity index (χ0) is 16.7. The normalized spacial score (nSPS) is 11.1. The Labute approximate surface area is 141 Å².